The molecular formula is C14H20N2O4. The van der Waals surface area contributed by atoms with E-state index in [1.54, 1.807) is 12.1 Å². The van der Waals surface area contributed by atoms with Crippen LogP contribution in [0.1, 0.15) is 18.4 Å². The van der Waals surface area contributed by atoms with Crippen molar-refractivity contribution in [3.63, 3.8) is 0 Å². The number of phenolic OH excluding ortho intramolecular Hbond substituents is 1. The van der Waals surface area contributed by atoms with E-state index in [0.29, 0.717) is 24.1 Å². The fourth-order valence-corrected chi connectivity index (χ4v) is 1.88. The molecule has 0 bridgehead atoms. The number of hydrogen-bond donors (Lipinski definition) is 3. The number of benzene rings is 1. The molecule has 0 spiro atoms. The van der Waals surface area contributed by atoms with Crippen molar-refractivity contribution in [1.82, 2.24) is 10.6 Å². The Balaban J connectivity index is 1.89. The number of aromatic hydroxyl groups is 1. The van der Waals surface area contributed by atoms with Gasteiger partial charge in [-0.1, -0.05) is 0 Å². The van der Waals surface area contributed by atoms with Gasteiger partial charge in [0.2, 0.25) is 11.7 Å². The fourth-order valence-electron chi connectivity index (χ4n) is 1.88. The van der Waals surface area contributed by atoms with Gasteiger partial charge in [-0.15, -0.1) is 0 Å². The first-order valence-corrected chi connectivity index (χ1v) is 6.58. The molecule has 3 N–H and O–H groups in total. The van der Waals surface area contributed by atoms with E-state index in [0.717, 1.165) is 18.4 Å². The van der Waals surface area contributed by atoms with Gasteiger partial charge in [-0.05, 0) is 30.5 Å². The summed E-state index contributed by atoms with van der Waals surface area (Å²) >= 11 is 0. The second-order valence-corrected chi connectivity index (χ2v) is 4.79. The molecule has 0 saturated heterocycles. The van der Waals surface area contributed by atoms with Gasteiger partial charge in [0.1, 0.15) is 0 Å². The average molecular weight is 280 g/mol. The van der Waals surface area contributed by atoms with Gasteiger partial charge in [0.05, 0.1) is 20.8 Å². The molecule has 0 heterocycles. The van der Waals surface area contributed by atoms with E-state index in [1.165, 1.54) is 14.2 Å². The van der Waals surface area contributed by atoms with E-state index in [4.69, 9.17) is 9.47 Å². The normalized spacial score (nSPS) is 13.9. The lowest BCUT2D eigenvalue weighted by Gasteiger charge is -2.12. The first kappa shape index (κ1) is 14.5. The molecule has 0 aromatic heterocycles. The van der Waals surface area contributed by atoms with Crippen LogP contribution in [0.25, 0.3) is 0 Å². The molecule has 6 heteroatoms. The van der Waals surface area contributed by atoms with Crippen LogP contribution in [0, 0.1) is 0 Å². The smallest absolute Gasteiger partial charge is 0.234 e. The SMILES string of the molecule is COc1cc(CNCC(=O)NC2CC2)cc(OC)c1O. The van der Waals surface area contributed by atoms with Crippen LogP contribution >= 0.6 is 0 Å². The zero-order valence-electron chi connectivity index (χ0n) is 11.7. The van der Waals surface area contributed by atoms with E-state index in [9.17, 15) is 9.90 Å². The van der Waals surface area contributed by atoms with E-state index in [-0.39, 0.29) is 18.2 Å². The maximum atomic E-state index is 11.5. The van der Waals surface area contributed by atoms with Crippen LogP contribution in [0.4, 0.5) is 0 Å². The predicted molar refractivity (Wildman–Crippen MR) is 74.1 cm³/mol. The summed E-state index contributed by atoms with van der Waals surface area (Å²) in [6, 6.07) is 3.80. The number of methoxy groups -OCH3 is 2. The summed E-state index contributed by atoms with van der Waals surface area (Å²) in [6.07, 6.45) is 2.16. The van der Waals surface area contributed by atoms with Crippen molar-refractivity contribution in [2.45, 2.75) is 25.4 Å². The molecule has 6 nitrogen and oxygen atoms in total. The highest BCUT2D eigenvalue weighted by molar-refractivity contribution is 5.78. The average Bonchev–Trinajstić information content (AvgIpc) is 3.24. The molecular weight excluding hydrogens is 260 g/mol. The van der Waals surface area contributed by atoms with Gasteiger partial charge < -0.3 is 25.2 Å². The molecule has 0 unspecified atom stereocenters. The second kappa shape index (κ2) is 6.47. The van der Waals surface area contributed by atoms with Crippen molar-refractivity contribution in [1.29, 1.82) is 0 Å². The Morgan fingerprint density at radius 2 is 1.90 bits per heavy atom. The minimum Gasteiger partial charge on any atom is -0.502 e. The molecule has 0 aliphatic heterocycles. The minimum atomic E-state index is -0.0229. The molecule has 1 aromatic rings. The van der Waals surface area contributed by atoms with Crippen LogP contribution in [-0.2, 0) is 11.3 Å². The molecule has 1 aliphatic rings. The molecule has 1 aromatic carbocycles. The highest BCUT2D eigenvalue weighted by Gasteiger charge is 2.22. The summed E-state index contributed by atoms with van der Waals surface area (Å²) in [5.74, 6) is 0.683. The third-order valence-electron chi connectivity index (χ3n) is 3.10. The molecule has 1 saturated carbocycles. The van der Waals surface area contributed by atoms with Gasteiger partial charge in [-0.25, -0.2) is 0 Å². The van der Waals surface area contributed by atoms with Gasteiger partial charge in [0.25, 0.3) is 0 Å². The number of hydrogen-bond acceptors (Lipinski definition) is 5. The van der Waals surface area contributed by atoms with Crippen LogP contribution in [0.2, 0.25) is 0 Å². The highest BCUT2D eigenvalue weighted by atomic mass is 16.5. The number of carbonyl (C=O) groups excluding carboxylic acids is 1. The van der Waals surface area contributed by atoms with Crippen molar-refractivity contribution in [3.05, 3.63) is 17.7 Å². The first-order chi connectivity index (χ1) is 9.63. The van der Waals surface area contributed by atoms with Crippen LogP contribution in [0.5, 0.6) is 17.2 Å². The van der Waals surface area contributed by atoms with Crippen LogP contribution in [-0.4, -0.2) is 37.8 Å². The Hall–Kier alpha value is -1.95. The number of carbonyl (C=O) groups is 1. The van der Waals surface area contributed by atoms with Crippen molar-refractivity contribution >= 4 is 5.91 Å². The molecule has 110 valence electrons. The van der Waals surface area contributed by atoms with E-state index >= 15 is 0 Å². The van der Waals surface area contributed by atoms with Gasteiger partial charge in [0.15, 0.2) is 11.5 Å². The van der Waals surface area contributed by atoms with Crippen molar-refractivity contribution in [2.75, 3.05) is 20.8 Å². The van der Waals surface area contributed by atoms with Crippen LogP contribution in [0.3, 0.4) is 0 Å². The topological polar surface area (TPSA) is 79.8 Å². The predicted octanol–water partition coefficient (Wildman–Crippen LogP) is 0.778. The molecule has 1 amide bonds. The Morgan fingerprint density at radius 1 is 1.30 bits per heavy atom. The summed E-state index contributed by atoms with van der Waals surface area (Å²) < 4.78 is 10.2. The number of amides is 1. The Labute approximate surface area is 118 Å². The number of ether oxygens (including phenoxy) is 2. The van der Waals surface area contributed by atoms with Gasteiger partial charge in [0, 0.05) is 12.6 Å². The van der Waals surface area contributed by atoms with E-state index in [1.807, 2.05) is 0 Å². The van der Waals surface area contributed by atoms with Crippen molar-refractivity contribution < 1.29 is 19.4 Å². The summed E-state index contributed by atoms with van der Waals surface area (Å²) in [5, 5.41) is 15.8. The molecule has 20 heavy (non-hydrogen) atoms. The quantitative estimate of drug-likeness (QED) is 0.688. The van der Waals surface area contributed by atoms with Gasteiger partial charge in [-0.2, -0.15) is 0 Å². The van der Waals surface area contributed by atoms with Gasteiger partial charge in [-0.3, -0.25) is 4.79 Å². The van der Waals surface area contributed by atoms with E-state index < -0.39 is 0 Å². The third kappa shape index (κ3) is 3.77. The number of phenols is 1. The Kier molecular flexibility index (Phi) is 4.68. The molecule has 0 radical (unpaired) electrons. The van der Waals surface area contributed by atoms with Crippen molar-refractivity contribution in [2.24, 2.45) is 0 Å². The molecule has 2 rings (SSSR count). The zero-order chi connectivity index (χ0) is 14.5. The summed E-state index contributed by atoms with van der Waals surface area (Å²) in [7, 11) is 2.96. The summed E-state index contributed by atoms with van der Waals surface area (Å²) in [4.78, 5) is 11.5. The summed E-state index contributed by atoms with van der Waals surface area (Å²) in [5.41, 5.74) is 0.871. The lowest BCUT2D eigenvalue weighted by atomic mass is 10.2. The maximum absolute atomic E-state index is 11.5. The lowest BCUT2D eigenvalue weighted by Crippen LogP contribution is -2.34. The zero-order valence-corrected chi connectivity index (χ0v) is 11.7. The Bertz CT molecular complexity index is 461. The second-order valence-electron chi connectivity index (χ2n) is 4.79. The van der Waals surface area contributed by atoms with Gasteiger partial charge >= 0.3 is 0 Å². The minimum absolute atomic E-state index is 0.00482. The first-order valence-electron chi connectivity index (χ1n) is 6.58. The van der Waals surface area contributed by atoms with Crippen molar-refractivity contribution in [3.8, 4) is 17.2 Å². The standard InChI is InChI=1S/C14H20N2O4/c1-19-11-5-9(6-12(20-2)14(11)18)7-15-8-13(17)16-10-3-4-10/h5-6,10,15,18H,3-4,7-8H2,1-2H3,(H,16,17). The van der Waals surface area contributed by atoms with Crippen LogP contribution < -0.4 is 20.1 Å². The largest absolute Gasteiger partial charge is 0.502 e. The molecule has 1 aliphatic carbocycles. The number of nitrogens with one attached hydrogen (secondary N) is 2. The molecule has 1 fully saturated rings. The fraction of sp³-hybridized carbons (Fsp3) is 0.500. The summed E-state index contributed by atoms with van der Waals surface area (Å²) in [6.45, 7) is 0.757. The van der Waals surface area contributed by atoms with Crippen LogP contribution in [0.15, 0.2) is 12.1 Å². The molecule has 0 atom stereocenters. The lowest BCUT2D eigenvalue weighted by molar-refractivity contribution is -0.120. The monoisotopic (exact) mass is 280 g/mol. The van der Waals surface area contributed by atoms with E-state index in [2.05, 4.69) is 10.6 Å². The maximum Gasteiger partial charge on any atom is 0.234 e. The third-order valence-corrected chi connectivity index (χ3v) is 3.10. The number of rotatable bonds is 7. The highest BCUT2D eigenvalue weighted by Crippen LogP contribution is 2.36. The Morgan fingerprint density at radius 3 is 2.40 bits per heavy atom.